The topological polar surface area (TPSA) is 54.7 Å². The molecule has 2 aromatic rings. The summed E-state index contributed by atoms with van der Waals surface area (Å²) in [6.07, 6.45) is 5.44. The van der Waals surface area contributed by atoms with Crippen LogP contribution in [0.15, 0.2) is 22.6 Å². The van der Waals surface area contributed by atoms with Gasteiger partial charge in [0.1, 0.15) is 17.1 Å². The molecule has 1 amide bonds. The van der Waals surface area contributed by atoms with Gasteiger partial charge in [0.15, 0.2) is 6.61 Å². The molecule has 1 aromatic heterocycles. The molecule has 1 heterocycles. The summed E-state index contributed by atoms with van der Waals surface area (Å²) >= 11 is 0. The van der Waals surface area contributed by atoms with Gasteiger partial charge in [-0.25, -0.2) is 0 Å². The fourth-order valence-electron chi connectivity index (χ4n) is 3.15. The predicted octanol–water partition coefficient (Wildman–Crippen LogP) is 2.76. The van der Waals surface area contributed by atoms with Crippen molar-refractivity contribution in [2.75, 3.05) is 33.8 Å². The van der Waals surface area contributed by atoms with Crippen LogP contribution in [0.1, 0.15) is 30.6 Å². The number of nitrogens with one attached hydrogen (secondary N) is 1. The molecule has 5 nitrogen and oxygen atoms in total. The third-order valence-electron chi connectivity index (χ3n) is 4.40. The molecule has 24 heavy (non-hydrogen) atoms. The molecule has 130 valence electrons. The largest absolute Gasteiger partial charge is 0.484 e. The predicted molar refractivity (Wildman–Crippen MR) is 94.5 cm³/mol. The fourth-order valence-corrected chi connectivity index (χ4v) is 3.15. The SMILES string of the molecule is CN(C)CCCNC(=O)COc1ccc2oc3c(c2c1)CCCC3. The number of aryl methyl sites for hydroxylation is 2. The second-order valence-corrected chi connectivity index (χ2v) is 6.66. The van der Waals surface area contributed by atoms with Crippen molar-refractivity contribution >= 4 is 16.9 Å². The highest BCUT2D eigenvalue weighted by Crippen LogP contribution is 2.33. The van der Waals surface area contributed by atoms with Gasteiger partial charge in [-0.1, -0.05) is 0 Å². The van der Waals surface area contributed by atoms with Crippen molar-refractivity contribution in [3.8, 4) is 5.75 Å². The van der Waals surface area contributed by atoms with Crippen LogP contribution in [0.25, 0.3) is 11.0 Å². The summed E-state index contributed by atoms with van der Waals surface area (Å²) in [4.78, 5) is 13.9. The van der Waals surface area contributed by atoms with Gasteiger partial charge in [-0.3, -0.25) is 4.79 Å². The third-order valence-corrected chi connectivity index (χ3v) is 4.40. The maximum atomic E-state index is 11.8. The van der Waals surface area contributed by atoms with Gasteiger partial charge in [0.05, 0.1) is 0 Å². The molecule has 0 fully saturated rings. The number of hydrogen-bond acceptors (Lipinski definition) is 4. The van der Waals surface area contributed by atoms with Crippen LogP contribution >= 0.6 is 0 Å². The molecular weight excluding hydrogens is 304 g/mol. The molecular formula is C19H26N2O3. The van der Waals surface area contributed by atoms with E-state index in [1.165, 1.54) is 18.4 Å². The lowest BCUT2D eigenvalue weighted by Gasteiger charge is -2.11. The van der Waals surface area contributed by atoms with E-state index in [2.05, 4.69) is 10.2 Å². The van der Waals surface area contributed by atoms with Crippen LogP contribution in [0.3, 0.4) is 0 Å². The molecule has 5 heteroatoms. The van der Waals surface area contributed by atoms with E-state index in [1.54, 1.807) is 0 Å². The summed E-state index contributed by atoms with van der Waals surface area (Å²) in [5.41, 5.74) is 2.23. The van der Waals surface area contributed by atoms with Crippen molar-refractivity contribution in [2.45, 2.75) is 32.1 Å². The Labute approximate surface area is 143 Å². The van der Waals surface area contributed by atoms with Crippen molar-refractivity contribution in [2.24, 2.45) is 0 Å². The molecule has 0 bridgehead atoms. The number of fused-ring (bicyclic) bond motifs is 3. The van der Waals surface area contributed by atoms with E-state index < -0.39 is 0 Å². The first-order valence-electron chi connectivity index (χ1n) is 8.72. The van der Waals surface area contributed by atoms with Gasteiger partial charge in [0, 0.05) is 23.9 Å². The van der Waals surface area contributed by atoms with E-state index >= 15 is 0 Å². The van der Waals surface area contributed by atoms with Crippen LogP contribution in [0.5, 0.6) is 5.75 Å². The molecule has 0 aliphatic heterocycles. The van der Waals surface area contributed by atoms with Crippen molar-refractivity contribution in [3.05, 3.63) is 29.5 Å². The summed E-state index contributed by atoms with van der Waals surface area (Å²) < 4.78 is 11.6. The highest BCUT2D eigenvalue weighted by atomic mass is 16.5. The van der Waals surface area contributed by atoms with Gasteiger partial charge in [-0.2, -0.15) is 0 Å². The minimum Gasteiger partial charge on any atom is -0.484 e. The number of rotatable bonds is 7. The summed E-state index contributed by atoms with van der Waals surface area (Å²) in [7, 11) is 4.05. The fraction of sp³-hybridized carbons (Fsp3) is 0.526. The first kappa shape index (κ1) is 16.8. The number of nitrogens with zero attached hydrogens (tertiary/aromatic N) is 1. The Morgan fingerprint density at radius 3 is 2.96 bits per heavy atom. The van der Waals surface area contributed by atoms with Crippen LogP contribution in [-0.4, -0.2) is 44.6 Å². The van der Waals surface area contributed by atoms with E-state index in [1.807, 2.05) is 32.3 Å². The van der Waals surface area contributed by atoms with Crippen LogP contribution < -0.4 is 10.1 Å². The third kappa shape index (κ3) is 4.09. The zero-order valence-corrected chi connectivity index (χ0v) is 14.6. The average Bonchev–Trinajstić information content (AvgIpc) is 2.94. The number of carbonyl (C=O) groups is 1. The summed E-state index contributed by atoms with van der Waals surface area (Å²) in [6.45, 7) is 1.69. The Balaban J connectivity index is 1.54. The maximum Gasteiger partial charge on any atom is 0.257 e. The van der Waals surface area contributed by atoms with Crippen molar-refractivity contribution < 1.29 is 13.9 Å². The molecule has 0 atom stereocenters. The van der Waals surface area contributed by atoms with E-state index in [0.717, 1.165) is 48.3 Å². The molecule has 3 rings (SSSR count). The van der Waals surface area contributed by atoms with E-state index in [4.69, 9.17) is 9.15 Å². The molecule has 1 N–H and O–H groups in total. The quantitative estimate of drug-likeness (QED) is 0.793. The number of carbonyl (C=O) groups excluding carboxylic acids is 1. The Morgan fingerprint density at radius 2 is 2.12 bits per heavy atom. The lowest BCUT2D eigenvalue weighted by molar-refractivity contribution is -0.123. The van der Waals surface area contributed by atoms with Crippen molar-refractivity contribution in [1.29, 1.82) is 0 Å². The lowest BCUT2D eigenvalue weighted by Crippen LogP contribution is -2.31. The van der Waals surface area contributed by atoms with E-state index in [0.29, 0.717) is 6.54 Å². The summed E-state index contributed by atoms with van der Waals surface area (Å²) in [5, 5.41) is 4.01. The number of furan rings is 1. The first-order chi connectivity index (χ1) is 11.6. The summed E-state index contributed by atoms with van der Waals surface area (Å²) in [5.74, 6) is 1.76. The molecule has 0 radical (unpaired) electrons. The maximum absolute atomic E-state index is 11.8. The standard InChI is InChI=1S/C19H26N2O3/c1-21(2)11-5-10-20-19(22)13-23-14-8-9-18-16(12-14)15-6-3-4-7-17(15)24-18/h8-9,12H,3-7,10-11,13H2,1-2H3,(H,20,22). The minimum absolute atomic E-state index is 0.0491. The van der Waals surface area contributed by atoms with Crippen molar-refractivity contribution in [1.82, 2.24) is 10.2 Å². The van der Waals surface area contributed by atoms with E-state index in [-0.39, 0.29) is 12.5 Å². The second-order valence-electron chi connectivity index (χ2n) is 6.66. The minimum atomic E-state index is -0.0805. The van der Waals surface area contributed by atoms with Crippen LogP contribution in [0.2, 0.25) is 0 Å². The smallest absolute Gasteiger partial charge is 0.257 e. The van der Waals surface area contributed by atoms with Gasteiger partial charge < -0.3 is 19.4 Å². The molecule has 1 aromatic carbocycles. The zero-order valence-electron chi connectivity index (χ0n) is 14.6. The van der Waals surface area contributed by atoms with Gasteiger partial charge in [-0.05, 0) is 64.5 Å². The first-order valence-corrected chi connectivity index (χ1v) is 8.72. The number of amides is 1. The number of benzene rings is 1. The average molecular weight is 330 g/mol. The molecule has 0 unspecified atom stereocenters. The lowest BCUT2D eigenvalue weighted by atomic mass is 9.96. The normalized spacial score (nSPS) is 14.0. The molecule has 1 aliphatic rings. The van der Waals surface area contributed by atoms with Crippen molar-refractivity contribution in [3.63, 3.8) is 0 Å². The zero-order chi connectivity index (χ0) is 16.9. The Morgan fingerprint density at radius 1 is 1.29 bits per heavy atom. The van der Waals surface area contributed by atoms with Gasteiger partial charge >= 0.3 is 0 Å². The van der Waals surface area contributed by atoms with Gasteiger partial charge in [0.2, 0.25) is 0 Å². The highest BCUT2D eigenvalue weighted by molar-refractivity contribution is 5.84. The second kappa shape index (κ2) is 7.71. The molecule has 0 spiro atoms. The van der Waals surface area contributed by atoms with Crippen LogP contribution in [-0.2, 0) is 17.6 Å². The monoisotopic (exact) mass is 330 g/mol. The number of hydrogen-bond donors (Lipinski definition) is 1. The Bertz CT molecular complexity index is 706. The van der Waals surface area contributed by atoms with Crippen LogP contribution in [0.4, 0.5) is 0 Å². The van der Waals surface area contributed by atoms with Crippen LogP contribution in [0, 0.1) is 0 Å². The number of ether oxygens (including phenoxy) is 1. The van der Waals surface area contributed by atoms with Gasteiger partial charge in [0.25, 0.3) is 5.91 Å². The van der Waals surface area contributed by atoms with E-state index in [9.17, 15) is 4.79 Å². The highest BCUT2D eigenvalue weighted by Gasteiger charge is 2.18. The summed E-state index contributed by atoms with van der Waals surface area (Å²) in [6, 6.07) is 5.82. The molecule has 0 saturated heterocycles. The molecule has 1 aliphatic carbocycles. The Hall–Kier alpha value is -2.01. The van der Waals surface area contributed by atoms with Gasteiger partial charge in [-0.15, -0.1) is 0 Å². The molecule has 0 saturated carbocycles. The Kier molecular flexibility index (Phi) is 5.41.